The van der Waals surface area contributed by atoms with Crippen LogP contribution >= 0.6 is 0 Å². The maximum Gasteiger partial charge on any atom is 0.279 e. The molecule has 1 unspecified atom stereocenters. The van der Waals surface area contributed by atoms with Crippen molar-refractivity contribution in [3.05, 3.63) is 59.7 Å². The van der Waals surface area contributed by atoms with Gasteiger partial charge in [-0.05, 0) is 30.7 Å². The summed E-state index contributed by atoms with van der Waals surface area (Å²) in [7, 11) is 1.72. The smallest absolute Gasteiger partial charge is 0.279 e. The number of anilines is 1. The molecule has 7 nitrogen and oxygen atoms in total. The predicted molar refractivity (Wildman–Crippen MR) is 104 cm³/mol. The fourth-order valence-corrected chi connectivity index (χ4v) is 3.15. The maximum absolute atomic E-state index is 12.6. The minimum atomic E-state index is -0.197. The predicted octanol–water partition coefficient (Wildman–Crippen LogP) is 3.76. The molecule has 0 aromatic heterocycles. The van der Waals surface area contributed by atoms with Crippen LogP contribution in [0.3, 0.4) is 0 Å². The van der Waals surface area contributed by atoms with Gasteiger partial charge in [0.05, 0.1) is 12.3 Å². The zero-order valence-corrected chi connectivity index (χ0v) is 15.2. The highest BCUT2D eigenvalue weighted by atomic mass is 16.5. The van der Waals surface area contributed by atoms with Crippen LogP contribution in [-0.2, 0) is 4.79 Å². The normalized spacial score (nSPS) is 21.3. The van der Waals surface area contributed by atoms with Crippen LogP contribution in [-0.4, -0.2) is 31.1 Å². The second-order valence-corrected chi connectivity index (χ2v) is 6.29. The van der Waals surface area contributed by atoms with Crippen molar-refractivity contribution in [3.8, 4) is 5.75 Å². The average molecular weight is 361 g/mol. The van der Waals surface area contributed by atoms with Gasteiger partial charge in [0.25, 0.3) is 5.91 Å². The zero-order valence-electron chi connectivity index (χ0n) is 15.2. The summed E-state index contributed by atoms with van der Waals surface area (Å²) in [6, 6.07) is 15.4. The molecule has 0 fully saturated rings. The van der Waals surface area contributed by atoms with E-state index >= 15 is 0 Å². The number of nitrogens with zero attached hydrogens (tertiary/aromatic N) is 5. The number of ether oxygens (including phenoxy) is 1. The monoisotopic (exact) mass is 361 g/mol. The second kappa shape index (κ2) is 7.11. The quantitative estimate of drug-likeness (QED) is 0.777. The van der Waals surface area contributed by atoms with Crippen LogP contribution in [0.15, 0.2) is 69.0 Å². The van der Waals surface area contributed by atoms with Gasteiger partial charge in [0.1, 0.15) is 11.8 Å². The highest BCUT2D eigenvalue weighted by molar-refractivity contribution is 6.54. The first-order chi connectivity index (χ1) is 13.2. The summed E-state index contributed by atoms with van der Waals surface area (Å²) in [6.45, 7) is 2.47. The molecule has 0 saturated carbocycles. The third-order valence-corrected chi connectivity index (χ3v) is 4.54. The van der Waals surface area contributed by atoms with Gasteiger partial charge in [0, 0.05) is 19.0 Å². The van der Waals surface area contributed by atoms with Gasteiger partial charge < -0.3 is 9.64 Å². The van der Waals surface area contributed by atoms with Crippen molar-refractivity contribution in [3.63, 3.8) is 0 Å². The Morgan fingerprint density at radius 3 is 2.78 bits per heavy atom. The van der Waals surface area contributed by atoms with Crippen LogP contribution < -0.4 is 9.64 Å². The van der Waals surface area contributed by atoms with E-state index in [1.165, 1.54) is 0 Å². The molecule has 1 amide bonds. The molecule has 2 aliphatic rings. The number of carbonyl (C=O) groups is 1. The summed E-state index contributed by atoms with van der Waals surface area (Å²) < 4.78 is 5.54. The van der Waals surface area contributed by atoms with Gasteiger partial charge in [-0.15, -0.1) is 15.3 Å². The summed E-state index contributed by atoms with van der Waals surface area (Å²) in [5.41, 5.74) is 2.88. The van der Waals surface area contributed by atoms with Gasteiger partial charge in [0.2, 0.25) is 0 Å². The standard InChI is InChI=1S/C20H19N5O2/c1-3-27-14-9-10-17-15(11-14)19(20(26)25(17)2)24-23-18-12-16(21-22-18)13-7-5-4-6-8-13/h4-11,16H,3,12H2,1-2H3/b23-18+,24-19+. The highest BCUT2D eigenvalue weighted by Gasteiger charge is 2.32. The maximum atomic E-state index is 12.6. The molecule has 136 valence electrons. The number of azo groups is 1. The third-order valence-electron chi connectivity index (χ3n) is 4.54. The van der Waals surface area contributed by atoms with E-state index in [0.29, 0.717) is 35.9 Å². The number of carbonyl (C=O) groups excluding carboxylic acids is 1. The van der Waals surface area contributed by atoms with Gasteiger partial charge >= 0.3 is 0 Å². The first-order valence-electron chi connectivity index (χ1n) is 8.83. The van der Waals surface area contributed by atoms with Crippen LogP contribution in [0, 0.1) is 0 Å². The van der Waals surface area contributed by atoms with Gasteiger partial charge in [-0.2, -0.15) is 5.11 Å². The molecule has 0 radical (unpaired) electrons. The summed E-state index contributed by atoms with van der Waals surface area (Å²) in [5.74, 6) is 1.02. The number of rotatable bonds is 4. The van der Waals surface area contributed by atoms with E-state index in [4.69, 9.17) is 4.74 Å². The Morgan fingerprint density at radius 1 is 1.19 bits per heavy atom. The Bertz CT molecular complexity index is 966. The molecule has 0 saturated heterocycles. The number of amides is 1. The van der Waals surface area contributed by atoms with Gasteiger partial charge in [-0.1, -0.05) is 30.3 Å². The van der Waals surface area contributed by atoms with Crippen molar-refractivity contribution in [2.75, 3.05) is 18.6 Å². The van der Waals surface area contributed by atoms with Crippen molar-refractivity contribution in [2.24, 2.45) is 20.4 Å². The summed E-state index contributed by atoms with van der Waals surface area (Å²) in [6.07, 6.45) is 0.566. The molecular formula is C20H19N5O2. The fourth-order valence-electron chi connectivity index (χ4n) is 3.15. The van der Waals surface area contributed by atoms with E-state index in [-0.39, 0.29) is 11.9 Å². The number of amidine groups is 1. The molecule has 2 aromatic rings. The lowest BCUT2D eigenvalue weighted by Crippen LogP contribution is -2.25. The number of benzene rings is 2. The Kier molecular flexibility index (Phi) is 4.50. The van der Waals surface area contributed by atoms with Crippen molar-refractivity contribution in [1.29, 1.82) is 0 Å². The van der Waals surface area contributed by atoms with E-state index < -0.39 is 0 Å². The second-order valence-electron chi connectivity index (χ2n) is 6.29. The fraction of sp³-hybridized carbons (Fsp3) is 0.250. The molecular weight excluding hydrogens is 342 g/mol. The van der Waals surface area contributed by atoms with Crippen LogP contribution in [0.2, 0.25) is 0 Å². The van der Waals surface area contributed by atoms with E-state index in [0.717, 1.165) is 11.3 Å². The molecule has 0 aliphatic carbocycles. The van der Waals surface area contributed by atoms with E-state index in [9.17, 15) is 4.79 Å². The molecule has 0 bridgehead atoms. The molecule has 2 aromatic carbocycles. The number of fused-ring (bicyclic) bond motifs is 1. The first-order valence-corrected chi connectivity index (χ1v) is 8.83. The zero-order chi connectivity index (χ0) is 18.8. The lowest BCUT2D eigenvalue weighted by Gasteiger charge is -2.09. The molecule has 2 aliphatic heterocycles. The number of likely N-dealkylation sites (N-methyl/N-ethyl adjacent to an activating group) is 1. The molecule has 0 spiro atoms. The first kappa shape index (κ1) is 17.1. The van der Waals surface area contributed by atoms with Crippen LogP contribution in [0.25, 0.3) is 0 Å². The largest absolute Gasteiger partial charge is 0.494 e. The minimum Gasteiger partial charge on any atom is -0.494 e. The van der Waals surface area contributed by atoms with Crippen molar-refractivity contribution in [2.45, 2.75) is 19.4 Å². The number of hydrogen-bond donors (Lipinski definition) is 0. The van der Waals surface area contributed by atoms with Crippen LogP contribution in [0.4, 0.5) is 5.69 Å². The molecule has 7 heteroatoms. The van der Waals surface area contributed by atoms with Crippen LogP contribution in [0.5, 0.6) is 5.75 Å². The number of hydrogen-bond acceptors (Lipinski definition) is 5. The lowest BCUT2D eigenvalue weighted by molar-refractivity contribution is -0.111. The summed E-state index contributed by atoms with van der Waals surface area (Å²) >= 11 is 0. The summed E-state index contributed by atoms with van der Waals surface area (Å²) in [4.78, 5) is 14.1. The molecule has 27 heavy (non-hydrogen) atoms. The van der Waals surface area contributed by atoms with Crippen molar-refractivity contribution in [1.82, 2.24) is 0 Å². The van der Waals surface area contributed by atoms with Crippen molar-refractivity contribution >= 4 is 23.1 Å². The SMILES string of the molecule is CCOc1ccc2c(c1)/C(=N\N=C1/CC(c3ccccc3)N=N1)C(=O)N2C. The highest BCUT2D eigenvalue weighted by Crippen LogP contribution is 2.32. The Hall–Kier alpha value is -3.35. The molecule has 2 heterocycles. The minimum absolute atomic E-state index is 0.0519. The van der Waals surface area contributed by atoms with Crippen LogP contribution in [0.1, 0.15) is 30.5 Å². The van der Waals surface area contributed by atoms with E-state index in [2.05, 4.69) is 20.4 Å². The lowest BCUT2D eigenvalue weighted by atomic mass is 10.1. The summed E-state index contributed by atoms with van der Waals surface area (Å²) in [5, 5.41) is 16.8. The van der Waals surface area contributed by atoms with Gasteiger partial charge in [-0.25, -0.2) is 0 Å². The molecule has 1 atom stereocenters. The van der Waals surface area contributed by atoms with E-state index in [1.54, 1.807) is 11.9 Å². The van der Waals surface area contributed by atoms with Gasteiger partial charge in [0.15, 0.2) is 11.5 Å². The molecule has 4 rings (SSSR count). The topological polar surface area (TPSA) is 79.0 Å². The van der Waals surface area contributed by atoms with Gasteiger partial charge in [-0.3, -0.25) is 4.79 Å². The van der Waals surface area contributed by atoms with E-state index in [1.807, 2.05) is 55.5 Å². The Labute approximate surface area is 157 Å². The average Bonchev–Trinajstić information content (AvgIpc) is 3.25. The Balaban J connectivity index is 1.60. The molecule has 0 N–H and O–H groups in total. The van der Waals surface area contributed by atoms with Crippen molar-refractivity contribution < 1.29 is 9.53 Å². The Morgan fingerprint density at radius 2 is 2.00 bits per heavy atom. The third kappa shape index (κ3) is 3.23.